The summed E-state index contributed by atoms with van der Waals surface area (Å²) in [6, 6.07) is 9.98. The van der Waals surface area contributed by atoms with Crippen LogP contribution in [-0.2, 0) is 0 Å². The highest BCUT2D eigenvalue weighted by atomic mass is 32.1. The molecule has 1 N–H and O–H groups in total. The molecule has 0 radical (unpaired) electrons. The van der Waals surface area contributed by atoms with Crippen LogP contribution in [0.3, 0.4) is 0 Å². The maximum Gasteiger partial charge on any atom is 0.267 e. The Kier molecular flexibility index (Phi) is 2.30. The number of pyridine rings is 1. The Labute approximate surface area is 102 Å². The van der Waals surface area contributed by atoms with Crippen LogP contribution < -0.4 is 5.56 Å². The van der Waals surface area contributed by atoms with Gasteiger partial charge in [-0.25, -0.2) is 4.98 Å². The molecule has 0 aliphatic carbocycles. The van der Waals surface area contributed by atoms with Gasteiger partial charge >= 0.3 is 0 Å². The lowest BCUT2D eigenvalue weighted by Crippen LogP contribution is -2.01. The number of aromatic nitrogens is 2. The molecular formula is C13H10N2OS. The number of nitrogens with one attached hydrogen (secondary N) is 1. The van der Waals surface area contributed by atoms with Gasteiger partial charge in [-0.05, 0) is 13.0 Å². The van der Waals surface area contributed by atoms with E-state index in [1.807, 2.05) is 37.3 Å². The minimum atomic E-state index is -0.0710. The molecule has 0 amide bonds. The zero-order chi connectivity index (χ0) is 11.8. The van der Waals surface area contributed by atoms with Crippen molar-refractivity contribution in [2.75, 3.05) is 0 Å². The van der Waals surface area contributed by atoms with E-state index in [1.165, 1.54) is 16.9 Å². The van der Waals surface area contributed by atoms with Gasteiger partial charge in [-0.2, -0.15) is 0 Å². The van der Waals surface area contributed by atoms with Crippen molar-refractivity contribution in [2.24, 2.45) is 0 Å². The molecule has 3 nitrogen and oxygen atoms in total. The molecule has 4 heteroatoms. The topological polar surface area (TPSA) is 45.8 Å². The number of H-pyrrole nitrogens is 1. The Morgan fingerprint density at radius 1 is 1.18 bits per heavy atom. The first-order valence-corrected chi connectivity index (χ1v) is 6.11. The fourth-order valence-corrected chi connectivity index (χ4v) is 2.65. The molecular weight excluding hydrogens is 232 g/mol. The standard InChI is InChI=1S/C13H10N2OS/c1-8-2-4-9(5-3-8)13-15-10-6-7-14-12(16)11(10)17-13/h2-7H,1H3,(H,14,16). The van der Waals surface area contributed by atoms with Gasteiger partial charge in [-0.1, -0.05) is 29.8 Å². The smallest absolute Gasteiger partial charge is 0.267 e. The lowest BCUT2D eigenvalue weighted by molar-refractivity contribution is 1.28. The average Bonchev–Trinajstić information content (AvgIpc) is 2.75. The van der Waals surface area contributed by atoms with Gasteiger partial charge in [0, 0.05) is 11.8 Å². The van der Waals surface area contributed by atoms with Gasteiger partial charge in [0.05, 0.1) is 5.52 Å². The Hall–Kier alpha value is -1.94. The second-order valence-electron chi connectivity index (χ2n) is 3.91. The van der Waals surface area contributed by atoms with Crippen molar-refractivity contribution in [3.8, 4) is 10.6 Å². The summed E-state index contributed by atoms with van der Waals surface area (Å²) < 4.78 is 0.683. The van der Waals surface area contributed by atoms with Crippen molar-refractivity contribution < 1.29 is 0 Å². The Morgan fingerprint density at radius 3 is 2.65 bits per heavy atom. The predicted octanol–water partition coefficient (Wildman–Crippen LogP) is 2.96. The molecule has 0 bridgehead atoms. The molecule has 2 heterocycles. The zero-order valence-electron chi connectivity index (χ0n) is 9.23. The molecule has 0 atom stereocenters. The molecule has 3 rings (SSSR count). The van der Waals surface area contributed by atoms with Crippen molar-refractivity contribution in [3.05, 3.63) is 52.4 Å². The van der Waals surface area contributed by atoms with Crippen molar-refractivity contribution in [1.29, 1.82) is 0 Å². The van der Waals surface area contributed by atoms with Gasteiger partial charge in [0.2, 0.25) is 0 Å². The van der Waals surface area contributed by atoms with E-state index in [4.69, 9.17) is 0 Å². The first-order chi connectivity index (χ1) is 8.24. The molecule has 84 valence electrons. The Balaban J connectivity index is 2.21. The molecule has 0 saturated heterocycles. The summed E-state index contributed by atoms with van der Waals surface area (Å²) in [6.45, 7) is 2.05. The number of nitrogens with zero attached hydrogens (tertiary/aromatic N) is 1. The van der Waals surface area contributed by atoms with Crippen LogP contribution in [0.5, 0.6) is 0 Å². The van der Waals surface area contributed by atoms with E-state index < -0.39 is 0 Å². The molecule has 3 aromatic rings. The summed E-state index contributed by atoms with van der Waals surface area (Å²) in [4.78, 5) is 18.7. The first kappa shape index (κ1) is 10.2. The number of hydrogen-bond donors (Lipinski definition) is 1. The van der Waals surface area contributed by atoms with Crippen molar-refractivity contribution in [1.82, 2.24) is 9.97 Å². The Bertz CT molecular complexity index is 725. The summed E-state index contributed by atoms with van der Waals surface area (Å²) in [7, 11) is 0. The second-order valence-corrected chi connectivity index (χ2v) is 4.91. The minimum absolute atomic E-state index is 0.0710. The second kappa shape index (κ2) is 3.82. The largest absolute Gasteiger partial charge is 0.328 e. The molecule has 0 aliphatic rings. The Morgan fingerprint density at radius 2 is 1.94 bits per heavy atom. The van der Waals surface area contributed by atoms with Gasteiger partial charge in [0.15, 0.2) is 0 Å². The van der Waals surface area contributed by atoms with Gasteiger partial charge < -0.3 is 4.98 Å². The number of fused-ring (bicyclic) bond motifs is 1. The van der Waals surface area contributed by atoms with Crippen LogP contribution in [0.4, 0.5) is 0 Å². The fraction of sp³-hybridized carbons (Fsp3) is 0.0769. The monoisotopic (exact) mass is 242 g/mol. The van der Waals surface area contributed by atoms with Crippen molar-refractivity contribution in [2.45, 2.75) is 6.92 Å². The maximum absolute atomic E-state index is 11.6. The molecule has 0 saturated carbocycles. The van der Waals surface area contributed by atoms with E-state index in [1.54, 1.807) is 6.20 Å². The normalized spacial score (nSPS) is 10.9. The fourth-order valence-electron chi connectivity index (χ4n) is 1.69. The highest BCUT2D eigenvalue weighted by molar-refractivity contribution is 7.21. The van der Waals surface area contributed by atoms with Gasteiger partial charge in [0.1, 0.15) is 9.71 Å². The van der Waals surface area contributed by atoms with Crippen molar-refractivity contribution in [3.63, 3.8) is 0 Å². The number of hydrogen-bond acceptors (Lipinski definition) is 3. The van der Waals surface area contributed by atoms with Crippen LogP contribution in [0.2, 0.25) is 0 Å². The number of thiazole rings is 1. The molecule has 17 heavy (non-hydrogen) atoms. The predicted molar refractivity (Wildman–Crippen MR) is 70.4 cm³/mol. The molecule has 0 unspecified atom stereocenters. The lowest BCUT2D eigenvalue weighted by Gasteiger charge is -1.95. The molecule has 0 aliphatic heterocycles. The van der Waals surface area contributed by atoms with Crippen LogP contribution in [0, 0.1) is 6.92 Å². The summed E-state index contributed by atoms with van der Waals surface area (Å²) >= 11 is 1.43. The SMILES string of the molecule is Cc1ccc(-c2nc3cc[nH]c(=O)c3s2)cc1. The van der Waals surface area contributed by atoms with Crippen LogP contribution in [0.25, 0.3) is 20.8 Å². The number of benzene rings is 1. The van der Waals surface area contributed by atoms with E-state index in [0.717, 1.165) is 16.1 Å². The van der Waals surface area contributed by atoms with E-state index in [9.17, 15) is 4.79 Å². The van der Waals surface area contributed by atoms with Crippen molar-refractivity contribution >= 4 is 21.6 Å². The van der Waals surface area contributed by atoms with Gasteiger partial charge in [-0.15, -0.1) is 11.3 Å². The lowest BCUT2D eigenvalue weighted by atomic mass is 10.2. The maximum atomic E-state index is 11.6. The van der Waals surface area contributed by atoms with E-state index in [-0.39, 0.29) is 5.56 Å². The minimum Gasteiger partial charge on any atom is -0.328 e. The number of aryl methyl sites for hydroxylation is 1. The van der Waals surface area contributed by atoms with E-state index in [0.29, 0.717) is 4.70 Å². The van der Waals surface area contributed by atoms with Crippen LogP contribution in [-0.4, -0.2) is 9.97 Å². The third kappa shape index (κ3) is 1.76. The van der Waals surface area contributed by atoms with Crippen LogP contribution >= 0.6 is 11.3 Å². The van der Waals surface area contributed by atoms with Gasteiger partial charge in [0.25, 0.3) is 5.56 Å². The highest BCUT2D eigenvalue weighted by Crippen LogP contribution is 2.27. The van der Waals surface area contributed by atoms with Crippen LogP contribution in [0.15, 0.2) is 41.3 Å². The quantitative estimate of drug-likeness (QED) is 0.713. The first-order valence-electron chi connectivity index (χ1n) is 5.29. The van der Waals surface area contributed by atoms with E-state index >= 15 is 0 Å². The summed E-state index contributed by atoms with van der Waals surface area (Å²) in [6.07, 6.45) is 1.63. The van der Waals surface area contributed by atoms with Gasteiger partial charge in [-0.3, -0.25) is 4.79 Å². The number of aromatic amines is 1. The number of rotatable bonds is 1. The summed E-state index contributed by atoms with van der Waals surface area (Å²) in [5, 5.41) is 0.886. The third-order valence-electron chi connectivity index (χ3n) is 2.61. The highest BCUT2D eigenvalue weighted by Gasteiger charge is 2.07. The van der Waals surface area contributed by atoms with E-state index in [2.05, 4.69) is 9.97 Å². The molecule has 0 spiro atoms. The zero-order valence-corrected chi connectivity index (χ0v) is 10.0. The molecule has 2 aromatic heterocycles. The average molecular weight is 242 g/mol. The molecule has 1 aromatic carbocycles. The summed E-state index contributed by atoms with van der Waals surface area (Å²) in [5.74, 6) is 0. The molecule has 0 fully saturated rings. The van der Waals surface area contributed by atoms with Crippen LogP contribution in [0.1, 0.15) is 5.56 Å². The third-order valence-corrected chi connectivity index (χ3v) is 3.73. The summed E-state index contributed by atoms with van der Waals surface area (Å²) in [5.41, 5.74) is 2.96.